The Morgan fingerprint density at radius 1 is 1.05 bits per heavy atom. The molecule has 0 saturated heterocycles. The third-order valence-corrected chi connectivity index (χ3v) is 5.83. The number of nitrogens with zero attached hydrogens (tertiary/aromatic N) is 2. The van der Waals surface area contributed by atoms with Crippen LogP contribution in [0.2, 0.25) is 0 Å². The Hall–Kier alpha value is -4.02. The van der Waals surface area contributed by atoms with Crippen LogP contribution in [-0.2, 0) is 37.4 Å². The number of nitrogens with one attached hydrogen (secondary N) is 2. The maximum atomic E-state index is 12.6. The molecular weight excluding hydrogens is 478 g/mol. The molecule has 0 bridgehead atoms. The Morgan fingerprint density at radius 2 is 1.70 bits per heavy atom. The van der Waals surface area contributed by atoms with Gasteiger partial charge in [0.2, 0.25) is 11.7 Å². The highest BCUT2D eigenvalue weighted by Crippen LogP contribution is 2.14. The number of ketones is 2. The number of hydrogen-bond acceptors (Lipinski definition) is 8. The van der Waals surface area contributed by atoms with Crippen molar-refractivity contribution in [1.82, 2.24) is 14.9 Å². The Bertz CT molecular complexity index is 1120. The monoisotopic (exact) mass is 513 g/mol. The highest BCUT2D eigenvalue weighted by molar-refractivity contribution is 6.02. The molecule has 11 nitrogen and oxygen atoms in total. The summed E-state index contributed by atoms with van der Waals surface area (Å²) in [6.45, 7) is 3.25. The van der Waals surface area contributed by atoms with Gasteiger partial charge in [-0.05, 0) is 37.5 Å². The molecule has 0 spiro atoms. The van der Waals surface area contributed by atoms with Crippen LogP contribution < -0.4 is 16.4 Å². The van der Waals surface area contributed by atoms with Crippen molar-refractivity contribution in [2.24, 2.45) is 13.0 Å². The number of imidazole rings is 1. The van der Waals surface area contributed by atoms with Crippen molar-refractivity contribution in [2.45, 2.75) is 58.4 Å². The van der Waals surface area contributed by atoms with Gasteiger partial charge < -0.3 is 25.7 Å². The number of ether oxygens (including phenoxy) is 1. The summed E-state index contributed by atoms with van der Waals surface area (Å²) < 4.78 is 6.09. The first-order valence-corrected chi connectivity index (χ1v) is 12.1. The van der Waals surface area contributed by atoms with E-state index >= 15 is 0 Å². The largest absolute Gasteiger partial charge is 0.469 e. The van der Waals surface area contributed by atoms with Crippen molar-refractivity contribution in [3.63, 3.8) is 0 Å². The van der Waals surface area contributed by atoms with Crippen LogP contribution in [0.1, 0.15) is 62.1 Å². The molecule has 0 fully saturated rings. The summed E-state index contributed by atoms with van der Waals surface area (Å²) in [5.41, 5.74) is 6.86. The number of anilines is 2. The minimum absolute atomic E-state index is 0.0648. The molecule has 0 unspecified atom stereocenters. The van der Waals surface area contributed by atoms with Crippen molar-refractivity contribution in [1.29, 1.82) is 0 Å². The number of esters is 1. The van der Waals surface area contributed by atoms with Gasteiger partial charge >= 0.3 is 5.97 Å². The number of carbonyl (C=O) groups excluding carboxylic acids is 5. The highest BCUT2D eigenvalue weighted by Gasteiger charge is 2.22. The van der Waals surface area contributed by atoms with Gasteiger partial charge in [-0.2, -0.15) is 0 Å². The number of methoxy groups -OCH3 is 1. The van der Waals surface area contributed by atoms with Crippen LogP contribution in [0.15, 0.2) is 30.5 Å². The Labute approximate surface area is 216 Å². The number of amides is 2. The van der Waals surface area contributed by atoms with Gasteiger partial charge in [0.25, 0.3) is 5.91 Å². The Balaban J connectivity index is 1.77. The quantitative estimate of drug-likeness (QED) is 0.256. The van der Waals surface area contributed by atoms with Crippen molar-refractivity contribution >= 4 is 40.9 Å². The van der Waals surface area contributed by atoms with Gasteiger partial charge in [-0.25, -0.2) is 4.98 Å². The molecule has 200 valence electrons. The third-order valence-electron chi connectivity index (χ3n) is 5.83. The van der Waals surface area contributed by atoms with E-state index in [0.29, 0.717) is 18.5 Å². The van der Waals surface area contributed by atoms with E-state index in [1.54, 1.807) is 45.2 Å². The zero-order valence-electron chi connectivity index (χ0n) is 21.7. The molecule has 0 saturated carbocycles. The standard InChI is InChI=1S/C26H35N5O6/c1-16(13-20(32)7-5-6-8-23(34)37-4)25(35)28-17(2)21(33)14-18-9-11-19(12-10-18)29-26(36)24-30-22(27)15-31(24)3/h9-12,15-17H,5-8,13-14,27H2,1-4H3,(H,28,35)(H,29,36)/t16-,17+/m1/s1. The average molecular weight is 514 g/mol. The SMILES string of the molecule is COC(=O)CCCCC(=O)C[C@@H](C)C(=O)N[C@@H](C)C(=O)Cc1ccc(NC(=O)c2nc(N)cn2C)cc1. The second kappa shape index (κ2) is 13.9. The Kier molecular flexibility index (Phi) is 11.0. The molecule has 0 aliphatic rings. The first kappa shape index (κ1) is 29.2. The first-order valence-electron chi connectivity index (χ1n) is 12.1. The lowest BCUT2D eigenvalue weighted by atomic mass is 9.99. The minimum atomic E-state index is -0.724. The van der Waals surface area contributed by atoms with Gasteiger partial charge in [0, 0.05) is 50.5 Å². The molecule has 11 heteroatoms. The van der Waals surface area contributed by atoms with Crippen LogP contribution in [0.3, 0.4) is 0 Å². The number of nitrogen functional groups attached to an aromatic ring is 1. The second-order valence-electron chi connectivity index (χ2n) is 9.05. The summed E-state index contributed by atoms with van der Waals surface area (Å²) >= 11 is 0. The summed E-state index contributed by atoms with van der Waals surface area (Å²) in [6.07, 6.45) is 3.36. The number of Topliss-reactive ketones (excluding diaryl/α,β-unsaturated/α-hetero) is 2. The van der Waals surface area contributed by atoms with Crippen LogP contribution in [0.25, 0.3) is 0 Å². The number of carbonyl (C=O) groups is 5. The fourth-order valence-electron chi connectivity index (χ4n) is 3.61. The number of hydrogen-bond donors (Lipinski definition) is 3. The van der Waals surface area contributed by atoms with Gasteiger partial charge in [0.1, 0.15) is 11.6 Å². The molecule has 1 heterocycles. The molecule has 2 amide bonds. The molecule has 4 N–H and O–H groups in total. The smallest absolute Gasteiger partial charge is 0.305 e. The Morgan fingerprint density at radius 3 is 2.30 bits per heavy atom. The molecule has 1 aromatic heterocycles. The molecule has 0 aliphatic heterocycles. The molecule has 2 atom stereocenters. The van der Waals surface area contributed by atoms with E-state index in [1.807, 2.05) is 0 Å². The van der Waals surface area contributed by atoms with Crippen LogP contribution in [0, 0.1) is 5.92 Å². The van der Waals surface area contributed by atoms with Crippen LogP contribution in [0.5, 0.6) is 0 Å². The fraction of sp³-hybridized carbons (Fsp3) is 0.462. The number of aromatic nitrogens is 2. The summed E-state index contributed by atoms with van der Waals surface area (Å²) in [6, 6.07) is 6.06. The van der Waals surface area contributed by atoms with E-state index in [2.05, 4.69) is 20.4 Å². The predicted octanol–water partition coefficient (Wildman–Crippen LogP) is 2.20. The fourth-order valence-corrected chi connectivity index (χ4v) is 3.61. The van der Waals surface area contributed by atoms with E-state index in [0.717, 1.165) is 5.56 Å². The zero-order valence-corrected chi connectivity index (χ0v) is 21.7. The second-order valence-corrected chi connectivity index (χ2v) is 9.05. The molecule has 37 heavy (non-hydrogen) atoms. The van der Waals surface area contributed by atoms with Gasteiger partial charge in [-0.1, -0.05) is 19.1 Å². The molecule has 0 aliphatic carbocycles. The number of rotatable bonds is 14. The van der Waals surface area contributed by atoms with Gasteiger partial charge in [-0.3, -0.25) is 24.0 Å². The first-order chi connectivity index (χ1) is 17.5. The normalized spacial score (nSPS) is 12.3. The summed E-state index contributed by atoms with van der Waals surface area (Å²) in [5, 5.41) is 5.40. The number of unbranched alkanes of at least 4 members (excludes halogenated alkanes) is 1. The summed E-state index contributed by atoms with van der Waals surface area (Å²) in [7, 11) is 2.99. The van der Waals surface area contributed by atoms with E-state index in [4.69, 9.17) is 5.73 Å². The van der Waals surface area contributed by atoms with Crippen molar-refractivity contribution in [2.75, 3.05) is 18.2 Å². The molecule has 1 aromatic carbocycles. The summed E-state index contributed by atoms with van der Waals surface area (Å²) in [5.74, 6) is -1.48. The average Bonchev–Trinajstić information content (AvgIpc) is 3.20. The van der Waals surface area contributed by atoms with Crippen molar-refractivity contribution < 1.29 is 28.7 Å². The molecule has 2 aromatic rings. The van der Waals surface area contributed by atoms with E-state index in [1.165, 1.54) is 17.9 Å². The lowest BCUT2D eigenvalue weighted by Crippen LogP contribution is -2.42. The van der Waals surface area contributed by atoms with E-state index < -0.39 is 17.9 Å². The van der Waals surface area contributed by atoms with Crippen molar-refractivity contribution in [3.05, 3.63) is 41.9 Å². The van der Waals surface area contributed by atoms with Gasteiger partial charge in [0.05, 0.1) is 13.2 Å². The molecule has 0 radical (unpaired) electrons. The lowest BCUT2D eigenvalue weighted by molar-refractivity contribution is -0.140. The van der Waals surface area contributed by atoms with Crippen molar-refractivity contribution in [3.8, 4) is 0 Å². The van der Waals surface area contributed by atoms with Gasteiger partial charge in [-0.15, -0.1) is 0 Å². The summed E-state index contributed by atoms with van der Waals surface area (Å²) in [4.78, 5) is 64.6. The van der Waals surface area contributed by atoms with E-state index in [9.17, 15) is 24.0 Å². The van der Waals surface area contributed by atoms with Gasteiger partial charge in [0.15, 0.2) is 5.78 Å². The molecule has 2 rings (SSSR count). The number of nitrogens with two attached hydrogens (primary N) is 1. The maximum absolute atomic E-state index is 12.6. The number of aryl methyl sites for hydroxylation is 1. The van der Waals surface area contributed by atoms with Crippen LogP contribution >= 0.6 is 0 Å². The minimum Gasteiger partial charge on any atom is -0.469 e. The van der Waals surface area contributed by atoms with Crippen LogP contribution in [-0.4, -0.2) is 52.1 Å². The highest BCUT2D eigenvalue weighted by atomic mass is 16.5. The van der Waals surface area contributed by atoms with E-state index in [-0.39, 0.29) is 60.8 Å². The predicted molar refractivity (Wildman–Crippen MR) is 138 cm³/mol. The maximum Gasteiger partial charge on any atom is 0.305 e. The molecular formula is C26H35N5O6. The third kappa shape index (κ3) is 9.51. The zero-order chi connectivity index (χ0) is 27.5. The number of benzene rings is 1. The lowest BCUT2D eigenvalue weighted by Gasteiger charge is -2.17. The van der Waals surface area contributed by atoms with Crippen LogP contribution in [0.4, 0.5) is 11.5 Å². The topological polar surface area (TPSA) is 162 Å².